The summed E-state index contributed by atoms with van der Waals surface area (Å²) in [5.41, 5.74) is 5.98. The van der Waals surface area contributed by atoms with Crippen LogP contribution in [0, 0.1) is 0 Å². The van der Waals surface area contributed by atoms with Gasteiger partial charge in [-0.3, -0.25) is 4.79 Å². The van der Waals surface area contributed by atoms with Gasteiger partial charge >= 0.3 is 0 Å². The van der Waals surface area contributed by atoms with Gasteiger partial charge in [0.15, 0.2) is 0 Å². The summed E-state index contributed by atoms with van der Waals surface area (Å²) in [7, 11) is 0. The van der Waals surface area contributed by atoms with Crippen LogP contribution in [-0.4, -0.2) is 34.0 Å². The minimum Gasteiger partial charge on any atom is -0.372 e. The van der Waals surface area contributed by atoms with Crippen molar-refractivity contribution >= 4 is 22.6 Å². The second kappa shape index (κ2) is 8.60. The molecule has 156 valence electrons. The van der Waals surface area contributed by atoms with Crippen molar-refractivity contribution in [1.29, 1.82) is 0 Å². The number of hydrogen-bond acceptors (Lipinski definition) is 4. The van der Waals surface area contributed by atoms with Crippen LogP contribution in [0.3, 0.4) is 0 Å². The number of fused-ring (bicyclic) bond motifs is 1. The molecule has 0 bridgehead atoms. The Morgan fingerprint density at radius 3 is 2.35 bits per heavy atom. The van der Waals surface area contributed by atoms with Gasteiger partial charge in [-0.1, -0.05) is 41.6 Å². The molecule has 1 amide bonds. The molecule has 5 rings (SSSR count). The van der Waals surface area contributed by atoms with Crippen molar-refractivity contribution in [1.82, 2.24) is 20.3 Å². The Kier molecular flexibility index (Phi) is 5.35. The molecule has 1 N–H and O–H groups in total. The van der Waals surface area contributed by atoms with Gasteiger partial charge < -0.3 is 10.2 Å². The maximum Gasteiger partial charge on any atom is 0.251 e. The summed E-state index contributed by atoms with van der Waals surface area (Å²) < 4.78 is 1.87. The van der Waals surface area contributed by atoms with Gasteiger partial charge in [0.05, 0.1) is 12.1 Å². The van der Waals surface area contributed by atoms with Crippen LogP contribution in [0.15, 0.2) is 72.8 Å². The van der Waals surface area contributed by atoms with Crippen molar-refractivity contribution in [2.45, 2.75) is 25.9 Å². The average molecular weight is 412 g/mol. The van der Waals surface area contributed by atoms with E-state index in [0.717, 1.165) is 35.2 Å². The number of benzene rings is 3. The highest BCUT2D eigenvalue weighted by molar-refractivity contribution is 5.94. The third-order valence-corrected chi connectivity index (χ3v) is 5.83. The lowest BCUT2D eigenvalue weighted by atomic mass is 10.1. The summed E-state index contributed by atoms with van der Waals surface area (Å²) >= 11 is 0. The molecule has 2 heterocycles. The van der Waals surface area contributed by atoms with Crippen molar-refractivity contribution in [3.8, 4) is 0 Å². The van der Waals surface area contributed by atoms with Crippen molar-refractivity contribution in [2.24, 2.45) is 0 Å². The summed E-state index contributed by atoms with van der Waals surface area (Å²) in [5, 5.41) is 11.4. The van der Waals surface area contributed by atoms with Crippen molar-refractivity contribution in [3.63, 3.8) is 0 Å². The molecule has 1 fully saturated rings. The standard InChI is InChI=1S/C25H25N5O/c31-25(26-17-19-9-13-22(14-10-19)29-15-3-4-16-29)21-11-7-20(8-12-21)18-30-24-6-2-1-5-23(24)27-28-30/h1-2,5-14H,3-4,15-18H2,(H,26,31). The van der Waals surface area contributed by atoms with Crippen LogP contribution in [0.4, 0.5) is 5.69 Å². The van der Waals surface area contributed by atoms with E-state index in [0.29, 0.717) is 18.7 Å². The molecule has 0 saturated carbocycles. The molecule has 1 saturated heterocycles. The van der Waals surface area contributed by atoms with Crippen LogP contribution in [0.2, 0.25) is 0 Å². The van der Waals surface area contributed by atoms with E-state index in [1.807, 2.05) is 53.2 Å². The molecule has 31 heavy (non-hydrogen) atoms. The van der Waals surface area contributed by atoms with Crippen LogP contribution in [0.1, 0.15) is 34.3 Å². The Bertz CT molecular complexity index is 1170. The van der Waals surface area contributed by atoms with E-state index in [9.17, 15) is 4.79 Å². The number of carbonyl (C=O) groups is 1. The molecule has 6 heteroatoms. The molecule has 1 aromatic heterocycles. The normalized spacial score (nSPS) is 13.6. The number of aromatic nitrogens is 3. The first kappa shape index (κ1) is 19.3. The lowest BCUT2D eigenvalue weighted by Gasteiger charge is -2.17. The fourth-order valence-electron chi connectivity index (χ4n) is 4.05. The number of anilines is 1. The maximum atomic E-state index is 12.6. The Balaban J connectivity index is 1.18. The smallest absolute Gasteiger partial charge is 0.251 e. The molecule has 0 atom stereocenters. The number of carbonyl (C=O) groups excluding carboxylic acids is 1. The predicted molar refractivity (Wildman–Crippen MR) is 122 cm³/mol. The lowest BCUT2D eigenvalue weighted by Crippen LogP contribution is -2.23. The second-order valence-corrected chi connectivity index (χ2v) is 7.98. The van der Waals surface area contributed by atoms with E-state index in [4.69, 9.17) is 0 Å². The van der Waals surface area contributed by atoms with Gasteiger partial charge in [0, 0.05) is 30.9 Å². The highest BCUT2D eigenvalue weighted by Crippen LogP contribution is 2.20. The third-order valence-electron chi connectivity index (χ3n) is 5.83. The fourth-order valence-corrected chi connectivity index (χ4v) is 4.05. The number of nitrogens with zero attached hydrogens (tertiary/aromatic N) is 4. The number of amides is 1. The molecule has 1 aliphatic heterocycles. The Morgan fingerprint density at radius 1 is 0.871 bits per heavy atom. The Hall–Kier alpha value is -3.67. The number of rotatable bonds is 6. The lowest BCUT2D eigenvalue weighted by molar-refractivity contribution is 0.0951. The van der Waals surface area contributed by atoms with Crippen LogP contribution < -0.4 is 10.2 Å². The predicted octanol–water partition coefficient (Wildman–Crippen LogP) is 4.01. The van der Waals surface area contributed by atoms with E-state index in [1.165, 1.54) is 18.5 Å². The molecular weight excluding hydrogens is 386 g/mol. The van der Waals surface area contributed by atoms with E-state index < -0.39 is 0 Å². The van der Waals surface area contributed by atoms with E-state index in [1.54, 1.807) is 0 Å². The average Bonchev–Trinajstić information content (AvgIpc) is 3.49. The van der Waals surface area contributed by atoms with Gasteiger partial charge in [0.25, 0.3) is 5.91 Å². The minimum absolute atomic E-state index is 0.0682. The fraction of sp³-hybridized carbons (Fsp3) is 0.240. The summed E-state index contributed by atoms with van der Waals surface area (Å²) in [6, 6.07) is 24.0. The number of nitrogens with one attached hydrogen (secondary N) is 1. The first-order valence-electron chi connectivity index (χ1n) is 10.8. The zero-order chi connectivity index (χ0) is 21.0. The molecule has 0 spiro atoms. The van der Waals surface area contributed by atoms with Crippen molar-refractivity contribution < 1.29 is 4.79 Å². The van der Waals surface area contributed by atoms with Crippen molar-refractivity contribution in [2.75, 3.05) is 18.0 Å². The molecular formula is C25H25N5O. The summed E-state index contributed by atoms with van der Waals surface area (Å²) in [5.74, 6) is -0.0682. The molecule has 4 aromatic rings. The van der Waals surface area contributed by atoms with Gasteiger partial charge in [-0.25, -0.2) is 4.68 Å². The zero-order valence-corrected chi connectivity index (χ0v) is 17.4. The summed E-state index contributed by atoms with van der Waals surface area (Å²) in [4.78, 5) is 15.0. The Morgan fingerprint density at radius 2 is 1.58 bits per heavy atom. The first-order chi connectivity index (χ1) is 15.3. The highest BCUT2D eigenvalue weighted by Gasteiger charge is 2.12. The van der Waals surface area contributed by atoms with Gasteiger partial charge in [-0.05, 0) is 60.4 Å². The molecule has 6 nitrogen and oxygen atoms in total. The van der Waals surface area contributed by atoms with Gasteiger partial charge in [-0.15, -0.1) is 5.10 Å². The van der Waals surface area contributed by atoms with Gasteiger partial charge in [-0.2, -0.15) is 0 Å². The van der Waals surface area contributed by atoms with Crippen LogP contribution in [0.25, 0.3) is 11.0 Å². The maximum absolute atomic E-state index is 12.6. The largest absolute Gasteiger partial charge is 0.372 e. The topological polar surface area (TPSA) is 63.1 Å². The molecule has 0 radical (unpaired) electrons. The minimum atomic E-state index is -0.0682. The molecule has 3 aromatic carbocycles. The monoisotopic (exact) mass is 411 g/mol. The summed E-state index contributed by atoms with van der Waals surface area (Å²) in [6.45, 7) is 3.41. The first-order valence-corrected chi connectivity index (χ1v) is 10.8. The molecule has 0 unspecified atom stereocenters. The highest BCUT2D eigenvalue weighted by atomic mass is 16.1. The number of para-hydroxylation sites is 1. The van der Waals surface area contributed by atoms with E-state index >= 15 is 0 Å². The summed E-state index contributed by atoms with van der Waals surface area (Å²) in [6.07, 6.45) is 2.54. The number of hydrogen-bond donors (Lipinski definition) is 1. The second-order valence-electron chi connectivity index (χ2n) is 7.98. The Labute approximate surface area is 181 Å². The quantitative estimate of drug-likeness (QED) is 0.521. The molecule has 1 aliphatic rings. The van der Waals surface area contributed by atoms with E-state index in [2.05, 4.69) is 44.8 Å². The van der Waals surface area contributed by atoms with E-state index in [-0.39, 0.29) is 5.91 Å². The third kappa shape index (κ3) is 4.28. The molecule has 0 aliphatic carbocycles. The van der Waals surface area contributed by atoms with Gasteiger partial charge in [0.2, 0.25) is 0 Å². The van der Waals surface area contributed by atoms with Gasteiger partial charge in [0.1, 0.15) is 5.52 Å². The van der Waals surface area contributed by atoms with Crippen LogP contribution >= 0.6 is 0 Å². The zero-order valence-electron chi connectivity index (χ0n) is 17.4. The van der Waals surface area contributed by atoms with Crippen LogP contribution in [0.5, 0.6) is 0 Å². The van der Waals surface area contributed by atoms with Crippen molar-refractivity contribution in [3.05, 3.63) is 89.5 Å². The van der Waals surface area contributed by atoms with Crippen LogP contribution in [-0.2, 0) is 13.1 Å². The SMILES string of the molecule is O=C(NCc1ccc(N2CCCC2)cc1)c1ccc(Cn2nnc3ccccc32)cc1.